The summed E-state index contributed by atoms with van der Waals surface area (Å²) in [5.74, 6) is -3.01. The van der Waals surface area contributed by atoms with Gasteiger partial charge in [0.15, 0.2) is 5.13 Å². The van der Waals surface area contributed by atoms with Gasteiger partial charge in [-0.15, -0.1) is 11.3 Å². The molecule has 0 spiro atoms. The number of carbonyl (C=O) groups is 2. The molecule has 16 heavy (non-hydrogen) atoms. The van der Waals surface area contributed by atoms with Crippen molar-refractivity contribution in [3.63, 3.8) is 0 Å². The Morgan fingerprint density at radius 2 is 2.44 bits per heavy atom. The summed E-state index contributed by atoms with van der Waals surface area (Å²) in [4.78, 5) is 28.6. The lowest BCUT2D eigenvalue weighted by molar-refractivity contribution is -0.138. The van der Waals surface area contributed by atoms with Crippen LogP contribution in [-0.2, 0) is 9.59 Å². The van der Waals surface area contributed by atoms with E-state index in [1.165, 1.54) is 5.38 Å². The van der Waals surface area contributed by atoms with Crippen LogP contribution >= 0.6 is 11.3 Å². The minimum atomic E-state index is -1.10. The third kappa shape index (κ3) is 3.31. The fourth-order valence-electron chi connectivity index (χ4n) is 1.000. The molecule has 1 atom stereocenters. The standard InChI is InChI=1S/C8H9N4O3S/c9-6(13)2-11-1-4(7(14)15)5-3-16-8(10)12-5/h2-4,9H,1H2,(H2,10,12)(H,14,15)/b11-2+. The van der Waals surface area contributed by atoms with Gasteiger partial charge in [0.05, 0.1) is 18.5 Å². The number of carbonyl (C=O) groups excluding carboxylic acids is 1. The number of thiazole rings is 1. The molecule has 1 radical (unpaired) electrons. The van der Waals surface area contributed by atoms with Gasteiger partial charge in [-0.1, -0.05) is 0 Å². The predicted molar refractivity (Wildman–Crippen MR) is 58.4 cm³/mol. The molecule has 1 unspecified atom stereocenters. The van der Waals surface area contributed by atoms with Gasteiger partial charge in [0.2, 0.25) is 0 Å². The smallest absolute Gasteiger partial charge is 0.314 e. The van der Waals surface area contributed by atoms with Crippen LogP contribution in [0.15, 0.2) is 10.4 Å². The molecule has 7 nitrogen and oxygen atoms in total. The van der Waals surface area contributed by atoms with Crippen LogP contribution in [0.5, 0.6) is 0 Å². The predicted octanol–water partition coefficient (Wildman–Crippen LogP) is -0.226. The first-order valence-corrected chi connectivity index (χ1v) is 5.07. The Morgan fingerprint density at radius 3 is 2.88 bits per heavy atom. The van der Waals surface area contributed by atoms with E-state index in [9.17, 15) is 9.59 Å². The zero-order valence-corrected chi connectivity index (χ0v) is 8.90. The van der Waals surface area contributed by atoms with E-state index in [0.717, 1.165) is 17.6 Å². The maximum atomic E-state index is 10.9. The summed E-state index contributed by atoms with van der Waals surface area (Å²) in [5, 5.41) is 10.7. The van der Waals surface area contributed by atoms with Gasteiger partial charge in [-0.05, 0) is 0 Å². The molecule has 0 bridgehead atoms. The van der Waals surface area contributed by atoms with Crippen LogP contribution < -0.4 is 11.5 Å². The van der Waals surface area contributed by atoms with Gasteiger partial charge in [-0.3, -0.25) is 20.3 Å². The highest BCUT2D eigenvalue weighted by Crippen LogP contribution is 2.20. The number of rotatable bonds is 5. The highest BCUT2D eigenvalue weighted by Gasteiger charge is 2.21. The maximum absolute atomic E-state index is 10.9. The van der Waals surface area contributed by atoms with E-state index in [0.29, 0.717) is 5.69 Å². The second-order valence-electron chi connectivity index (χ2n) is 2.86. The molecule has 4 N–H and O–H groups in total. The van der Waals surface area contributed by atoms with Crippen LogP contribution in [-0.4, -0.2) is 34.7 Å². The van der Waals surface area contributed by atoms with E-state index < -0.39 is 17.8 Å². The summed E-state index contributed by atoms with van der Waals surface area (Å²) >= 11 is 1.14. The molecule has 0 saturated carbocycles. The van der Waals surface area contributed by atoms with E-state index in [1.807, 2.05) is 0 Å². The summed E-state index contributed by atoms with van der Waals surface area (Å²) in [5.41, 5.74) is 12.3. The molecule has 1 heterocycles. The number of aliphatic carboxylic acids is 1. The molecule has 85 valence electrons. The Balaban J connectivity index is 2.76. The molecular weight excluding hydrogens is 232 g/mol. The zero-order chi connectivity index (χ0) is 12.1. The summed E-state index contributed by atoms with van der Waals surface area (Å²) in [7, 11) is 0. The minimum absolute atomic E-state index is 0.136. The molecule has 0 aromatic carbocycles. The van der Waals surface area contributed by atoms with Crippen molar-refractivity contribution in [1.29, 1.82) is 0 Å². The van der Waals surface area contributed by atoms with Crippen LogP contribution in [0.25, 0.3) is 0 Å². The number of hydrogen-bond acceptors (Lipinski definition) is 6. The Bertz CT molecular complexity index is 429. The number of carboxylic acid groups (broad SMARTS) is 1. The lowest BCUT2D eigenvalue weighted by atomic mass is 10.1. The van der Waals surface area contributed by atoms with Crippen LogP contribution in [0.3, 0.4) is 0 Å². The number of nitrogens with zero attached hydrogens (tertiary/aromatic N) is 2. The number of nitrogens with one attached hydrogen (secondary N) is 1. The molecule has 0 aliphatic rings. The van der Waals surface area contributed by atoms with Gasteiger partial charge in [0, 0.05) is 5.38 Å². The van der Waals surface area contributed by atoms with Crippen LogP contribution in [0, 0.1) is 0 Å². The monoisotopic (exact) mass is 241 g/mol. The van der Waals surface area contributed by atoms with E-state index in [1.54, 1.807) is 0 Å². The van der Waals surface area contributed by atoms with Gasteiger partial charge in [0.1, 0.15) is 5.92 Å². The summed E-state index contributed by atoms with van der Waals surface area (Å²) in [6.45, 7) is -0.136. The van der Waals surface area contributed by atoms with Crippen molar-refractivity contribution in [3.05, 3.63) is 11.1 Å². The van der Waals surface area contributed by atoms with E-state index in [-0.39, 0.29) is 11.7 Å². The largest absolute Gasteiger partial charge is 0.481 e. The average Bonchev–Trinajstić information content (AvgIpc) is 2.58. The molecule has 0 aliphatic carbocycles. The summed E-state index contributed by atoms with van der Waals surface area (Å²) in [6.07, 6.45) is 0.770. The third-order valence-electron chi connectivity index (χ3n) is 1.69. The van der Waals surface area contributed by atoms with Crippen molar-refractivity contribution in [3.8, 4) is 0 Å². The quantitative estimate of drug-likeness (QED) is 0.688. The third-order valence-corrected chi connectivity index (χ3v) is 2.38. The Labute approximate surface area is 94.8 Å². The maximum Gasteiger partial charge on any atom is 0.314 e. The molecule has 1 aromatic heterocycles. The summed E-state index contributed by atoms with van der Waals surface area (Å²) < 4.78 is 0. The van der Waals surface area contributed by atoms with Gasteiger partial charge in [-0.25, -0.2) is 4.98 Å². The Hall–Kier alpha value is -1.96. The molecule has 1 amide bonds. The first-order chi connectivity index (χ1) is 7.50. The van der Waals surface area contributed by atoms with Crippen LogP contribution in [0.4, 0.5) is 5.13 Å². The fraction of sp³-hybridized carbons (Fsp3) is 0.250. The number of amides is 1. The highest BCUT2D eigenvalue weighted by molar-refractivity contribution is 7.13. The topological polar surface area (TPSA) is 129 Å². The van der Waals surface area contributed by atoms with Gasteiger partial charge >= 0.3 is 5.97 Å². The lowest BCUT2D eigenvalue weighted by Gasteiger charge is -2.05. The normalized spacial score (nSPS) is 12.8. The van der Waals surface area contributed by atoms with Crippen molar-refractivity contribution in [2.24, 2.45) is 4.99 Å². The average molecular weight is 241 g/mol. The number of anilines is 1. The van der Waals surface area contributed by atoms with Crippen molar-refractivity contribution in [2.45, 2.75) is 5.92 Å². The molecule has 8 heteroatoms. The molecule has 1 aromatic rings. The Kier molecular flexibility index (Phi) is 3.95. The van der Waals surface area contributed by atoms with E-state index >= 15 is 0 Å². The first-order valence-electron chi connectivity index (χ1n) is 4.19. The number of aromatic nitrogens is 1. The number of aliphatic imine (C=N–C) groups is 1. The van der Waals surface area contributed by atoms with E-state index in [4.69, 9.17) is 16.6 Å². The zero-order valence-electron chi connectivity index (χ0n) is 8.08. The lowest BCUT2D eigenvalue weighted by Crippen LogP contribution is -2.16. The minimum Gasteiger partial charge on any atom is -0.481 e. The second-order valence-corrected chi connectivity index (χ2v) is 3.75. The van der Waals surface area contributed by atoms with Crippen LogP contribution in [0.1, 0.15) is 11.6 Å². The van der Waals surface area contributed by atoms with E-state index in [2.05, 4.69) is 9.98 Å². The van der Waals surface area contributed by atoms with Crippen LogP contribution in [0.2, 0.25) is 0 Å². The van der Waals surface area contributed by atoms with Crippen molar-refractivity contribution < 1.29 is 14.7 Å². The highest BCUT2D eigenvalue weighted by atomic mass is 32.1. The number of nitrogens with two attached hydrogens (primary N) is 1. The first kappa shape index (κ1) is 12.1. The molecule has 0 saturated heterocycles. The number of hydrogen-bond donors (Lipinski definition) is 2. The number of nitrogen functional groups attached to an aromatic ring is 1. The molecule has 0 aliphatic heterocycles. The summed E-state index contributed by atoms with van der Waals surface area (Å²) in [6, 6.07) is 0. The molecular formula is C8H9N4O3S. The van der Waals surface area contributed by atoms with Crippen molar-refractivity contribution >= 4 is 34.6 Å². The van der Waals surface area contributed by atoms with Crippen molar-refractivity contribution in [1.82, 2.24) is 10.7 Å². The van der Waals surface area contributed by atoms with Gasteiger partial charge < -0.3 is 10.8 Å². The second kappa shape index (κ2) is 5.21. The number of carboxylic acids is 1. The Morgan fingerprint density at radius 1 is 1.75 bits per heavy atom. The molecule has 0 fully saturated rings. The fourth-order valence-corrected chi connectivity index (χ4v) is 1.62. The molecule has 1 rings (SSSR count). The van der Waals surface area contributed by atoms with Crippen molar-refractivity contribution in [2.75, 3.05) is 12.3 Å². The SMILES string of the molecule is [NH]C(=O)/C=N/CC(C(=O)O)c1csc(N)n1. The van der Waals surface area contributed by atoms with Gasteiger partial charge in [-0.2, -0.15) is 0 Å². The van der Waals surface area contributed by atoms with Gasteiger partial charge in [0.25, 0.3) is 5.91 Å².